The van der Waals surface area contributed by atoms with E-state index in [-0.39, 0.29) is 11.9 Å². The predicted molar refractivity (Wildman–Crippen MR) is 69.6 cm³/mol. The van der Waals surface area contributed by atoms with Crippen molar-refractivity contribution in [3.63, 3.8) is 0 Å². The maximum atomic E-state index is 13.7. The zero-order valence-corrected chi connectivity index (χ0v) is 10.8. The van der Waals surface area contributed by atoms with Crippen LogP contribution in [0, 0.1) is 5.82 Å². The van der Waals surface area contributed by atoms with Gasteiger partial charge in [0.25, 0.3) is 0 Å². The summed E-state index contributed by atoms with van der Waals surface area (Å²) in [5.74, 6) is 3.23. The van der Waals surface area contributed by atoms with E-state index in [0.29, 0.717) is 5.25 Å². The quantitative estimate of drug-likeness (QED) is 0.899. The SMILES string of the molecule is CNC(c1ccncc1F)C1CSCCS1. The molecule has 1 saturated heterocycles. The highest BCUT2D eigenvalue weighted by atomic mass is 32.2. The largest absolute Gasteiger partial charge is 0.312 e. The molecule has 1 aliphatic rings. The van der Waals surface area contributed by atoms with E-state index in [2.05, 4.69) is 10.3 Å². The van der Waals surface area contributed by atoms with Crippen LogP contribution in [0.3, 0.4) is 0 Å². The molecule has 2 unspecified atom stereocenters. The molecule has 2 nitrogen and oxygen atoms in total. The predicted octanol–water partition coefficient (Wildman–Crippen LogP) is 2.33. The average molecular weight is 258 g/mol. The molecule has 0 aliphatic carbocycles. The van der Waals surface area contributed by atoms with Crippen molar-refractivity contribution < 1.29 is 4.39 Å². The second-order valence-electron chi connectivity index (χ2n) is 3.65. The second-order valence-corrected chi connectivity index (χ2v) is 6.14. The molecule has 0 aromatic carbocycles. The molecular weight excluding hydrogens is 243 g/mol. The zero-order chi connectivity index (χ0) is 11.4. The molecule has 2 atom stereocenters. The Balaban J connectivity index is 2.18. The Labute approximate surface area is 104 Å². The van der Waals surface area contributed by atoms with Crippen molar-refractivity contribution in [1.29, 1.82) is 0 Å². The maximum absolute atomic E-state index is 13.7. The number of thioether (sulfide) groups is 2. The smallest absolute Gasteiger partial charge is 0.146 e. The summed E-state index contributed by atoms with van der Waals surface area (Å²) in [6.45, 7) is 0. The van der Waals surface area contributed by atoms with Crippen molar-refractivity contribution in [2.45, 2.75) is 11.3 Å². The van der Waals surface area contributed by atoms with Crippen LogP contribution in [0.2, 0.25) is 0 Å². The first-order chi connectivity index (χ1) is 7.83. The Morgan fingerprint density at radius 3 is 3.06 bits per heavy atom. The topological polar surface area (TPSA) is 24.9 Å². The van der Waals surface area contributed by atoms with Gasteiger partial charge in [-0.2, -0.15) is 23.5 Å². The van der Waals surface area contributed by atoms with E-state index in [1.807, 2.05) is 30.6 Å². The van der Waals surface area contributed by atoms with Crippen LogP contribution in [0.4, 0.5) is 4.39 Å². The van der Waals surface area contributed by atoms with Crippen LogP contribution in [0.15, 0.2) is 18.5 Å². The van der Waals surface area contributed by atoms with E-state index >= 15 is 0 Å². The Morgan fingerprint density at radius 2 is 2.44 bits per heavy atom. The monoisotopic (exact) mass is 258 g/mol. The van der Waals surface area contributed by atoms with Gasteiger partial charge in [0.1, 0.15) is 5.82 Å². The average Bonchev–Trinajstić information content (AvgIpc) is 2.34. The van der Waals surface area contributed by atoms with Crippen molar-refractivity contribution >= 4 is 23.5 Å². The van der Waals surface area contributed by atoms with Crippen molar-refractivity contribution in [2.75, 3.05) is 24.3 Å². The summed E-state index contributed by atoms with van der Waals surface area (Å²) in [4.78, 5) is 3.79. The van der Waals surface area contributed by atoms with Crippen LogP contribution in [0.5, 0.6) is 0 Å². The second kappa shape index (κ2) is 5.89. The standard InChI is InChI=1S/C11H15FN2S2/c1-13-11(10-7-15-4-5-16-10)8-2-3-14-6-9(8)12/h2-3,6,10-11,13H,4-5,7H2,1H3. The van der Waals surface area contributed by atoms with E-state index < -0.39 is 0 Å². The fourth-order valence-electron chi connectivity index (χ4n) is 1.88. The molecule has 2 heterocycles. The number of nitrogens with zero attached hydrogens (tertiary/aromatic N) is 1. The summed E-state index contributed by atoms with van der Waals surface area (Å²) in [7, 11) is 1.89. The highest BCUT2D eigenvalue weighted by molar-refractivity contribution is 8.06. The van der Waals surface area contributed by atoms with Crippen LogP contribution >= 0.6 is 23.5 Å². The minimum Gasteiger partial charge on any atom is -0.312 e. The summed E-state index contributed by atoms with van der Waals surface area (Å²) in [5, 5.41) is 3.67. The number of hydrogen-bond donors (Lipinski definition) is 1. The third-order valence-corrected chi connectivity index (χ3v) is 5.53. The van der Waals surface area contributed by atoms with Crippen LogP contribution in [-0.4, -0.2) is 34.5 Å². The van der Waals surface area contributed by atoms with Gasteiger partial charge in [-0.1, -0.05) is 0 Å². The van der Waals surface area contributed by atoms with Crippen molar-refractivity contribution in [3.8, 4) is 0 Å². The molecule has 1 fully saturated rings. The molecule has 0 radical (unpaired) electrons. The Kier molecular flexibility index (Phi) is 4.49. The fraction of sp³-hybridized carbons (Fsp3) is 0.545. The van der Waals surface area contributed by atoms with Gasteiger partial charge in [0, 0.05) is 40.3 Å². The van der Waals surface area contributed by atoms with Gasteiger partial charge in [-0.3, -0.25) is 4.98 Å². The van der Waals surface area contributed by atoms with Gasteiger partial charge < -0.3 is 5.32 Å². The first-order valence-electron chi connectivity index (χ1n) is 5.29. The number of halogens is 1. The van der Waals surface area contributed by atoms with Crippen molar-refractivity contribution in [2.24, 2.45) is 0 Å². The summed E-state index contributed by atoms with van der Waals surface area (Å²) in [5.41, 5.74) is 0.734. The van der Waals surface area contributed by atoms with E-state index in [1.54, 1.807) is 12.3 Å². The number of pyridine rings is 1. The summed E-state index contributed by atoms with van der Waals surface area (Å²) >= 11 is 3.88. The van der Waals surface area contributed by atoms with Gasteiger partial charge in [0.15, 0.2) is 0 Å². The lowest BCUT2D eigenvalue weighted by molar-refractivity contribution is 0.531. The summed E-state index contributed by atoms with van der Waals surface area (Å²) < 4.78 is 13.7. The molecule has 0 spiro atoms. The lowest BCUT2D eigenvalue weighted by Gasteiger charge is -2.29. The number of rotatable bonds is 3. The third kappa shape index (κ3) is 2.70. The minimum absolute atomic E-state index is 0.0841. The minimum atomic E-state index is -0.210. The van der Waals surface area contributed by atoms with Crippen LogP contribution in [0.25, 0.3) is 0 Å². The number of nitrogens with one attached hydrogen (secondary N) is 1. The summed E-state index contributed by atoms with van der Waals surface area (Å²) in [6.07, 6.45) is 2.95. The molecule has 1 aromatic heterocycles. The van der Waals surface area contributed by atoms with Gasteiger partial charge >= 0.3 is 0 Å². The first-order valence-corrected chi connectivity index (χ1v) is 7.49. The maximum Gasteiger partial charge on any atom is 0.146 e. The lowest BCUT2D eigenvalue weighted by atomic mass is 10.1. The fourth-order valence-corrected chi connectivity index (χ4v) is 4.78. The van der Waals surface area contributed by atoms with E-state index in [0.717, 1.165) is 17.1 Å². The molecule has 0 bridgehead atoms. The van der Waals surface area contributed by atoms with E-state index in [9.17, 15) is 4.39 Å². The summed E-state index contributed by atoms with van der Waals surface area (Å²) in [6, 6.07) is 1.86. The molecule has 0 amide bonds. The van der Waals surface area contributed by atoms with Crippen molar-refractivity contribution in [3.05, 3.63) is 29.8 Å². The third-order valence-electron chi connectivity index (χ3n) is 2.66. The van der Waals surface area contributed by atoms with Crippen LogP contribution in [-0.2, 0) is 0 Å². The normalized spacial score (nSPS) is 23.0. The Morgan fingerprint density at radius 1 is 1.56 bits per heavy atom. The molecule has 1 aromatic rings. The molecule has 16 heavy (non-hydrogen) atoms. The molecular formula is C11H15FN2S2. The molecule has 0 saturated carbocycles. The number of hydrogen-bond acceptors (Lipinski definition) is 4. The molecule has 5 heteroatoms. The van der Waals surface area contributed by atoms with E-state index in [1.165, 1.54) is 11.9 Å². The van der Waals surface area contributed by atoms with Gasteiger partial charge in [0.05, 0.1) is 6.20 Å². The Hall–Kier alpha value is -0.260. The van der Waals surface area contributed by atoms with Gasteiger partial charge in [-0.15, -0.1) is 0 Å². The van der Waals surface area contributed by atoms with Crippen molar-refractivity contribution in [1.82, 2.24) is 10.3 Å². The number of aromatic nitrogens is 1. The molecule has 1 aliphatic heterocycles. The molecule has 2 rings (SSSR count). The highest BCUT2D eigenvalue weighted by Gasteiger charge is 2.26. The molecule has 1 N–H and O–H groups in total. The van der Waals surface area contributed by atoms with Gasteiger partial charge in [-0.05, 0) is 13.1 Å². The zero-order valence-electron chi connectivity index (χ0n) is 9.15. The van der Waals surface area contributed by atoms with Gasteiger partial charge in [-0.25, -0.2) is 4.39 Å². The lowest BCUT2D eigenvalue weighted by Crippen LogP contribution is -2.32. The van der Waals surface area contributed by atoms with E-state index in [4.69, 9.17) is 0 Å². The highest BCUT2D eigenvalue weighted by Crippen LogP contribution is 2.33. The van der Waals surface area contributed by atoms with Crippen LogP contribution in [0.1, 0.15) is 11.6 Å². The first kappa shape index (κ1) is 12.2. The van der Waals surface area contributed by atoms with Crippen LogP contribution < -0.4 is 5.32 Å². The molecule has 88 valence electrons. The van der Waals surface area contributed by atoms with Gasteiger partial charge in [0.2, 0.25) is 0 Å². The Bertz CT molecular complexity index is 343.